The molecule has 1 N–H and O–H groups in total. The van der Waals surface area contributed by atoms with Crippen molar-refractivity contribution in [1.29, 1.82) is 0 Å². The summed E-state index contributed by atoms with van der Waals surface area (Å²) in [5.74, 6) is -1.48. The van der Waals surface area contributed by atoms with Crippen molar-refractivity contribution in [2.24, 2.45) is 0 Å². The normalized spacial score (nSPS) is 11.2. The number of carboxylic acids is 1. The van der Waals surface area contributed by atoms with E-state index in [2.05, 4.69) is 4.98 Å². The number of aryl methyl sites for hydroxylation is 1. The van der Waals surface area contributed by atoms with Crippen LogP contribution in [0.25, 0.3) is 17.0 Å². The Balaban J connectivity index is 2.70. The molecule has 2 aromatic rings. The van der Waals surface area contributed by atoms with Crippen molar-refractivity contribution < 1.29 is 14.3 Å². The Labute approximate surface area is 97.2 Å². The molecule has 1 aromatic heterocycles. The fourth-order valence-corrected chi connectivity index (χ4v) is 1.67. The average molecular weight is 231 g/mol. The van der Waals surface area contributed by atoms with Crippen LogP contribution in [0, 0.1) is 12.7 Å². The summed E-state index contributed by atoms with van der Waals surface area (Å²) in [6.07, 6.45) is 3.94. The number of rotatable bonds is 2. The molecule has 0 saturated heterocycles. The lowest BCUT2D eigenvalue weighted by Crippen LogP contribution is -1.90. The third-order valence-electron chi connectivity index (χ3n) is 2.46. The molecule has 3 nitrogen and oxygen atoms in total. The van der Waals surface area contributed by atoms with Gasteiger partial charge in [0.25, 0.3) is 0 Å². The van der Waals surface area contributed by atoms with Crippen LogP contribution in [0.15, 0.2) is 30.5 Å². The molecule has 0 fully saturated rings. The fourth-order valence-electron chi connectivity index (χ4n) is 1.67. The molecule has 17 heavy (non-hydrogen) atoms. The molecule has 0 amide bonds. The Morgan fingerprint density at radius 3 is 2.94 bits per heavy atom. The highest BCUT2D eigenvalue weighted by Gasteiger charge is 2.05. The Kier molecular flexibility index (Phi) is 2.87. The Morgan fingerprint density at radius 2 is 2.24 bits per heavy atom. The van der Waals surface area contributed by atoms with Crippen LogP contribution in [0.4, 0.5) is 4.39 Å². The monoisotopic (exact) mass is 231 g/mol. The van der Waals surface area contributed by atoms with Gasteiger partial charge in [-0.3, -0.25) is 4.98 Å². The van der Waals surface area contributed by atoms with E-state index in [-0.39, 0.29) is 0 Å². The van der Waals surface area contributed by atoms with Crippen LogP contribution < -0.4 is 0 Å². The van der Waals surface area contributed by atoms with Crippen LogP contribution in [0.5, 0.6) is 0 Å². The molecule has 2 rings (SSSR count). The predicted octanol–water partition coefficient (Wildman–Crippen LogP) is 2.78. The number of benzene rings is 1. The molecule has 0 unspecified atom stereocenters. The number of fused-ring (bicyclic) bond motifs is 1. The molecule has 0 atom stereocenters. The van der Waals surface area contributed by atoms with Crippen LogP contribution in [0.3, 0.4) is 0 Å². The van der Waals surface area contributed by atoms with Gasteiger partial charge in [-0.25, -0.2) is 9.18 Å². The summed E-state index contributed by atoms with van der Waals surface area (Å²) in [4.78, 5) is 14.6. The van der Waals surface area contributed by atoms with Crippen molar-refractivity contribution in [3.05, 3.63) is 47.4 Å². The molecule has 0 aliphatic carbocycles. The molecule has 0 aliphatic heterocycles. The molecule has 0 aliphatic rings. The van der Waals surface area contributed by atoms with Crippen molar-refractivity contribution >= 4 is 22.9 Å². The molecular weight excluding hydrogens is 221 g/mol. The lowest BCUT2D eigenvalue weighted by atomic mass is 10.1. The highest BCUT2D eigenvalue weighted by molar-refractivity contribution is 5.93. The Hall–Kier alpha value is -2.23. The van der Waals surface area contributed by atoms with Gasteiger partial charge in [-0.05, 0) is 36.8 Å². The number of hydrogen-bond acceptors (Lipinski definition) is 2. The average Bonchev–Trinajstić information content (AvgIpc) is 2.27. The lowest BCUT2D eigenvalue weighted by molar-refractivity contribution is -0.131. The van der Waals surface area contributed by atoms with E-state index in [1.807, 2.05) is 6.92 Å². The van der Waals surface area contributed by atoms with Crippen LogP contribution in [0.1, 0.15) is 11.1 Å². The van der Waals surface area contributed by atoms with E-state index in [0.29, 0.717) is 16.5 Å². The minimum absolute atomic E-state index is 0.404. The summed E-state index contributed by atoms with van der Waals surface area (Å²) in [7, 11) is 0. The fraction of sp³-hybridized carbons (Fsp3) is 0.0769. The first-order chi connectivity index (χ1) is 8.08. The number of carboxylic acid groups (broad SMARTS) is 1. The largest absolute Gasteiger partial charge is 0.478 e. The smallest absolute Gasteiger partial charge is 0.328 e. The molecule has 86 valence electrons. The highest BCUT2D eigenvalue weighted by Crippen LogP contribution is 2.22. The molecule has 1 heterocycles. The molecular formula is C13H10FNO2. The maximum atomic E-state index is 13.4. The van der Waals surface area contributed by atoms with Gasteiger partial charge in [-0.2, -0.15) is 0 Å². The van der Waals surface area contributed by atoms with Gasteiger partial charge in [-0.15, -0.1) is 0 Å². The van der Waals surface area contributed by atoms with Gasteiger partial charge in [0.05, 0.1) is 5.52 Å². The van der Waals surface area contributed by atoms with E-state index in [9.17, 15) is 9.18 Å². The summed E-state index contributed by atoms with van der Waals surface area (Å²) in [6.45, 7) is 1.86. The van der Waals surface area contributed by atoms with Crippen molar-refractivity contribution in [3.63, 3.8) is 0 Å². The van der Waals surface area contributed by atoms with Gasteiger partial charge >= 0.3 is 5.97 Å². The van der Waals surface area contributed by atoms with Gasteiger partial charge in [0, 0.05) is 23.2 Å². The molecule has 0 bridgehead atoms. The van der Waals surface area contributed by atoms with E-state index in [4.69, 9.17) is 5.11 Å². The zero-order chi connectivity index (χ0) is 12.4. The summed E-state index contributed by atoms with van der Waals surface area (Å²) < 4.78 is 13.4. The Bertz CT molecular complexity index is 620. The van der Waals surface area contributed by atoms with Gasteiger partial charge < -0.3 is 5.11 Å². The first kappa shape index (κ1) is 11.3. The van der Waals surface area contributed by atoms with Gasteiger partial charge in [0.2, 0.25) is 0 Å². The standard InChI is InChI=1S/C13H10FNO2/c1-8-4-5-15-13-9(2-3-12(16)17)6-10(14)7-11(8)13/h2-7H,1H3,(H,16,17)/b3-2+. The molecule has 0 saturated carbocycles. The SMILES string of the molecule is Cc1ccnc2c(/C=C/C(=O)O)cc(F)cc12. The zero-order valence-corrected chi connectivity index (χ0v) is 9.14. The summed E-state index contributed by atoms with van der Waals surface area (Å²) in [5.41, 5.74) is 1.97. The number of halogens is 1. The Morgan fingerprint density at radius 1 is 1.47 bits per heavy atom. The van der Waals surface area contributed by atoms with E-state index >= 15 is 0 Å². The van der Waals surface area contributed by atoms with Crippen molar-refractivity contribution in [1.82, 2.24) is 4.98 Å². The van der Waals surface area contributed by atoms with E-state index in [1.165, 1.54) is 18.2 Å². The number of aromatic nitrogens is 1. The molecule has 4 heteroatoms. The van der Waals surface area contributed by atoms with Crippen LogP contribution in [-0.2, 0) is 4.79 Å². The number of nitrogens with zero attached hydrogens (tertiary/aromatic N) is 1. The topological polar surface area (TPSA) is 50.2 Å². The summed E-state index contributed by atoms with van der Waals surface area (Å²) in [6, 6.07) is 4.45. The minimum atomic E-state index is -1.07. The third kappa shape index (κ3) is 2.30. The quantitative estimate of drug-likeness (QED) is 0.808. The van der Waals surface area contributed by atoms with E-state index in [0.717, 1.165) is 11.6 Å². The van der Waals surface area contributed by atoms with Crippen molar-refractivity contribution in [2.75, 3.05) is 0 Å². The van der Waals surface area contributed by atoms with E-state index < -0.39 is 11.8 Å². The number of pyridine rings is 1. The molecule has 0 radical (unpaired) electrons. The minimum Gasteiger partial charge on any atom is -0.478 e. The van der Waals surface area contributed by atoms with Gasteiger partial charge in [0.15, 0.2) is 0 Å². The zero-order valence-electron chi connectivity index (χ0n) is 9.14. The van der Waals surface area contributed by atoms with E-state index in [1.54, 1.807) is 12.3 Å². The van der Waals surface area contributed by atoms with Crippen LogP contribution in [0.2, 0.25) is 0 Å². The van der Waals surface area contributed by atoms with Crippen molar-refractivity contribution in [2.45, 2.75) is 6.92 Å². The third-order valence-corrected chi connectivity index (χ3v) is 2.46. The second-order valence-corrected chi connectivity index (χ2v) is 3.69. The molecule has 1 aromatic carbocycles. The second kappa shape index (κ2) is 4.33. The van der Waals surface area contributed by atoms with Crippen LogP contribution in [-0.4, -0.2) is 16.1 Å². The second-order valence-electron chi connectivity index (χ2n) is 3.69. The van der Waals surface area contributed by atoms with Crippen LogP contribution >= 0.6 is 0 Å². The van der Waals surface area contributed by atoms with Crippen molar-refractivity contribution in [3.8, 4) is 0 Å². The first-order valence-electron chi connectivity index (χ1n) is 5.04. The first-order valence-corrected chi connectivity index (χ1v) is 5.04. The maximum absolute atomic E-state index is 13.4. The number of aliphatic carboxylic acids is 1. The summed E-state index contributed by atoms with van der Waals surface area (Å²) in [5, 5.41) is 9.26. The number of hydrogen-bond donors (Lipinski definition) is 1. The predicted molar refractivity (Wildman–Crippen MR) is 63.1 cm³/mol. The lowest BCUT2D eigenvalue weighted by Gasteiger charge is -2.04. The van der Waals surface area contributed by atoms with Gasteiger partial charge in [0.1, 0.15) is 5.82 Å². The maximum Gasteiger partial charge on any atom is 0.328 e. The van der Waals surface area contributed by atoms with Gasteiger partial charge in [-0.1, -0.05) is 0 Å². The molecule has 0 spiro atoms. The number of carbonyl (C=O) groups is 1. The highest BCUT2D eigenvalue weighted by atomic mass is 19.1. The summed E-state index contributed by atoms with van der Waals surface area (Å²) >= 11 is 0.